The Morgan fingerprint density at radius 1 is 1.18 bits per heavy atom. The zero-order valence-electron chi connectivity index (χ0n) is 9.75. The van der Waals surface area contributed by atoms with Crippen molar-refractivity contribution in [2.24, 2.45) is 0 Å². The van der Waals surface area contributed by atoms with Crippen molar-refractivity contribution in [3.63, 3.8) is 0 Å². The highest BCUT2D eigenvalue weighted by atomic mass is 16.6. The molecule has 17 heavy (non-hydrogen) atoms. The fourth-order valence-electron chi connectivity index (χ4n) is 1.57. The van der Waals surface area contributed by atoms with Gasteiger partial charge in [0.2, 0.25) is 0 Å². The van der Waals surface area contributed by atoms with Crippen molar-refractivity contribution in [2.45, 2.75) is 19.1 Å². The van der Waals surface area contributed by atoms with Gasteiger partial charge in [-0.05, 0) is 37.3 Å². The highest BCUT2D eigenvalue weighted by Gasteiger charge is 2.23. The third-order valence-electron chi connectivity index (χ3n) is 2.52. The van der Waals surface area contributed by atoms with E-state index in [4.69, 9.17) is 14.2 Å². The quantitative estimate of drug-likeness (QED) is 0.750. The fraction of sp³-hybridized carbons (Fsp3) is 0.308. The van der Waals surface area contributed by atoms with Gasteiger partial charge < -0.3 is 14.2 Å². The van der Waals surface area contributed by atoms with E-state index in [0.717, 1.165) is 5.75 Å². The standard InChI is InChI=1S/C13H14O4/c1-9-12(7-8-13(14)16-9)17-11-5-3-10(15-2)4-6-11/h3-9,12H,1-2H3/t9-,12-/m1/s1. The van der Waals surface area contributed by atoms with Crippen LogP contribution in [-0.2, 0) is 9.53 Å². The maximum atomic E-state index is 11.0. The molecule has 0 aliphatic carbocycles. The van der Waals surface area contributed by atoms with E-state index >= 15 is 0 Å². The lowest BCUT2D eigenvalue weighted by molar-refractivity contribution is -0.147. The van der Waals surface area contributed by atoms with Crippen LogP contribution in [0.4, 0.5) is 0 Å². The Balaban J connectivity index is 2.05. The zero-order chi connectivity index (χ0) is 12.3. The summed E-state index contributed by atoms with van der Waals surface area (Å²) >= 11 is 0. The second-order valence-electron chi connectivity index (χ2n) is 3.76. The van der Waals surface area contributed by atoms with Crippen LogP contribution in [0.2, 0.25) is 0 Å². The molecule has 0 unspecified atom stereocenters. The number of cyclic esters (lactones) is 1. The third kappa shape index (κ3) is 2.78. The summed E-state index contributed by atoms with van der Waals surface area (Å²) in [5, 5.41) is 0. The first-order valence-electron chi connectivity index (χ1n) is 5.38. The molecule has 4 heteroatoms. The molecule has 2 atom stereocenters. The Morgan fingerprint density at radius 3 is 2.41 bits per heavy atom. The van der Waals surface area contributed by atoms with Gasteiger partial charge in [0.15, 0.2) is 6.10 Å². The van der Waals surface area contributed by atoms with Crippen LogP contribution < -0.4 is 9.47 Å². The van der Waals surface area contributed by atoms with Gasteiger partial charge in [-0.3, -0.25) is 0 Å². The highest BCUT2D eigenvalue weighted by Crippen LogP contribution is 2.21. The summed E-state index contributed by atoms with van der Waals surface area (Å²) in [6.07, 6.45) is 2.56. The molecule has 1 aromatic rings. The molecule has 4 nitrogen and oxygen atoms in total. The third-order valence-corrected chi connectivity index (χ3v) is 2.52. The molecular formula is C13H14O4. The smallest absolute Gasteiger partial charge is 0.330 e. The summed E-state index contributed by atoms with van der Waals surface area (Å²) in [5.41, 5.74) is 0. The Kier molecular flexibility index (Phi) is 3.32. The van der Waals surface area contributed by atoms with E-state index in [1.54, 1.807) is 20.1 Å². The molecule has 0 N–H and O–H groups in total. The minimum atomic E-state index is -0.327. The fourth-order valence-corrected chi connectivity index (χ4v) is 1.57. The van der Waals surface area contributed by atoms with Crippen LogP contribution in [0.25, 0.3) is 0 Å². The molecule has 1 aliphatic rings. The monoisotopic (exact) mass is 234 g/mol. The normalized spacial score (nSPS) is 23.1. The molecule has 0 aromatic heterocycles. The predicted molar refractivity (Wildman–Crippen MR) is 62.1 cm³/mol. The van der Waals surface area contributed by atoms with E-state index in [1.165, 1.54) is 6.08 Å². The van der Waals surface area contributed by atoms with Crippen LogP contribution in [0, 0.1) is 0 Å². The molecule has 0 saturated heterocycles. The topological polar surface area (TPSA) is 44.8 Å². The maximum absolute atomic E-state index is 11.0. The van der Waals surface area contributed by atoms with E-state index < -0.39 is 0 Å². The summed E-state index contributed by atoms with van der Waals surface area (Å²) in [6, 6.07) is 7.27. The minimum absolute atomic E-state index is 0.249. The largest absolute Gasteiger partial charge is 0.497 e. The summed E-state index contributed by atoms with van der Waals surface area (Å²) in [5.74, 6) is 1.16. The van der Waals surface area contributed by atoms with Gasteiger partial charge in [-0.15, -0.1) is 0 Å². The number of esters is 1. The van der Waals surface area contributed by atoms with Gasteiger partial charge in [-0.25, -0.2) is 4.79 Å². The first kappa shape index (κ1) is 11.5. The summed E-state index contributed by atoms with van der Waals surface area (Å²) in [4.78, 5) is 11.0. The molecule has 0 amide bonds. The van der Waals surface area contributed by atoms with Crippen LogP contribution in [0.1, 0.15) is 6.92 Å². The van der Waals surface area contributed by atoms with Crippen molar-refractivity contribution in [1.29, 1.82) is 0 Å². The zero-order valence-corrected chi connectivity index (χ0v) is 9.75. The molecule has 2 rings (SSSR count). The molecule has 1 aliphatic heterocycles. The van der Waals surface area contributed by atoms with Gasteiger partial charge >= 0.3 is 5.97 Å². The summed E-state index contributed by atoms with van der Waals surface area (Å²) < 4.78 is 15.8. The Hall–Kier alpha value is -1.97. The predicted octanol–water partition coefficient (Wildman–Crippen LogP) is 1.94. The average molecular weight is 234 g/mol. The lowest BCUT2D eigenvalue weighted by Gasteiger charge is -2.25. The molecule has 1 aromatic carbocycles. The van der Waals surface area contributed by atoms with Gasteiger partial charge in [0.25, 0.3) is 0 Å². The minimum Gasteiger partial charge on any atom is -0.497 e. The lowest BCUT2D eigenvalue weighted by atomic mass is 10.1. The van der Waals surface area contributed by atoms with Crippen molar-refractivity contribution in [1.82, 2.24) is 0 Å². The molecule has 0 radical (unpaired) electrons. The van der Waals surface area contributed by atoms with E-state index in [1.807, 2.05) is 24.3 Å². The number of ether oxygens (including phenoxy) is 3. The number of carbonyl (C=O) groups excluding carboxylic acids is 1. The van der Waals surface area contributed by atoms with Gasteiger partial charge in [0.05, 0.1) is 7.11 Å². The Bertz CT molecular complexity index is 422. The first-order chi connectivity index (χ1) is 8.19. The van der Waals surface area contributed by atoms with Crippen LogP contribution in [0.3, 0.4) is 0 Å². The molecular weight excluding hydrogens is 220 g/mol. The van der Waals surface area contributed by atoms with Crippen molar-refractivity contribution in [2.75, 3.05) is 7.11 Å². The Morgan fingerprint density at radius 2 is 1.82 bits per heavy atom. The van der Waals surface area contributed by atoms with Gasteiger partial charge in [-0.2, -0.15) is 0 Å². The molecule has 90 valence electrons. The molecule has 0 bridgehead atoms. The summed E-state index contributed by atoms with van der Waals surface area (Å²) in [6.45, 7) is 1.80. The van der Waals surface area contributed by atoms with E-state index in [0.29, 0.717) is 5.75 Å². The number of rotatable bonds is 3. The molecule has 1 heterocycles. The lowest BCUT2D eigenvalue weighted by Crippen LogP contribution is -2.34. The number of hydrogen-bond donors (Lipinski definition) is 0. The number of benzene rings is 1. The van der Waals surface area contributed by atoms with Gasteiger partial charge in [0.1, 0.15) is 17.6 Å². The van der Waals surface area contributed by atoms with E-state index in [-0.39, 0.29) is 18.2 Å². The number of carbonyl (C=O) groups is 1. The van der Waals surface area contributed by atoms with Crippen LogP contribution >= 0.6 is 0 Å². The first-order valence-corrected chi connectivity index (χ1v) is 5.38. The van der Waals surface area contributed by atoms with Gasteiger partial charge in [0, 0.05) is 6.08 Å². The maximum Gasteiger partial charge on any atom is 0.330 e. The molecule has 0 fully saturated rings. The number of methoxy groups -OCH3 is 1. The van der Waals surface area contributed by atoms with Crippen molar-refractivity contribution in [3.05, 3.63) is 36.4 Å². The van der Waals surface area contributed by atoms with Crippen LogP contribution in [-0.4, -0.2) is 25.3 Å². The highest BCUT2D eigenvalue weighted by molar-refractivity contribution is 5.83. The van der Waals surface area contributed by atoms with Crippen molar-refractivity contribution >= 4 is 5.97 Å². The van der Waals surface area contributed by atoms with Crippen LogP contribution in [0.15, 0.2) is 36.4 Å². The van der Waals surface area contributed by atoms with Crippen molar-refractivity contribution in [3.8, 4) is 11.5 Å². The second kappa shape index (κ2) is 4.91. The number of hydrogen-bond acceptors (Lipinski definition) is 4. The van der Waals surface area contributed by atoms with Crippen LogP contribution in [0.5, 0.6) is 11.5 Å². The second-order valence-corrected chi connectivity index (χ2v) is 3.76. The SMILES string of the molecule is COc1ccc(O[C@@H]2C=CC(=O)O[C@@H]2C)cc1. The van der Waals surface area contributed by atoms with E-state index in [9.17, 15) is 4.79 Å². The average Bonchev–Trinajstić information content (AvgIpc) is 2.34. The molecule has 0 spiro atoms. The molecule has 0 saturated carbocycles. The van der Waals surface area contributed by atoms with E-state index in [2.05, 4.69) is 0 Å². The Labute approximate surface area is 99.8 Å². The summed E-state index contributed by atoms with van der Waals surface area (Å²) in [7, 11) is 1.61. The van der Waals surface area contributed by atoms with Gasteiger partial charge in [-0.1, -0.05) is 0 Å². The van der Waals surface area contributed by atoms with Crippen molar-refractivity contribution < 1.29 is 19.0 Å².